The molecule has 30 heavy (non-hydrogen) atoms. The SMILES string of the molecule is CCNC(=NCCS(=O)Cc1ccccc1)NC1CCN(CC2CCCCC2)CC1. The van der Waals surface area contributed by atoms with Crippen molar-refractivity contribution in [3.8, 4) is 0 Å². The molecule has 0 spiro atoms. The van der Waals surface area contributed by atoms with E-state index in [4.69, 9.17) is 0 Å². The highest BCUT2D eigenvalue weighted by molar-refractivity contribution is 7.84. The molecule has 2 N–H and O–H groups in total. The van der Waals surface area contributed by atoms with Crippen molar-refractivity contribution in [2.45, 2.75) is 63.7 Å². The van der Waals surface area contributed by atoms with Crippen molar-refractivity contribution in [3.05, 3.63) is 35.9 Å². The number of nitrogens with one attached hydrogen (secondary N) is 2. The first kappa shape index (κ1) is 23.3. The Labute approximate surface area is 185 Å². The Morgan fingerprint density at radius 1 is 1.10 bits per heavy atom. The average molecular weight is 433 g/mol. The second-order valence-corrected chi connectivity index (χ2v) is 10.3. The molecule has 5 nitrogen and oxygen atoms in total. The van der Waals surface area contributed by atoms with Crippen molar-refractivity contribution in [2.75, 3.05) is 38.5 Å². The standard InChI is InChI=1S/C24H40N4OS/c1-2-25-24(26-15-18-30(29)20-22-11-7-4-8-12-22)27-23-13-16-28(17-14-23)19-21-9-5-3-6-10-21/h4,7-8,11-12,21,23H,2-3,5-6,9-10,13-20H2,1H3,(H2,25,26,27). The van der Waals surface area contributed by atoms with Crippen LogP contribution in [0.25, 0.3) is 0 Å². The van der Waals surface area contributed by atoms with Crippen molar-refractivity contribution >= 4 is 16.8 Å². The molecule has 1 saturated carbocycles. The van der Waals surface area contributed by atoms with E-state index >= 15 is 0 Å². The molecule has 1 heterocycles. The molecule has 1 aromatic rings. The number of hydrogen-bond acceptors (Lipinski definition) is 3. The van der Waals surface area contributed by atoms with Crippen LogP contribution in [-0.4, -0.2) is 59.6 Å². The second-order valence-electron chi connectivity index (χ2n) is 8.76. The maximum Gasteiger partial charge on any atom is 0.191 e. The number of piperidine rings is 1. The molecule has 1 aromatic carbocycles. The third kappa shape index (κ3) is 8.38. The summed E-state index contributed by atoms with van der Waals surface area (Å²) in [7, 11) is -0.876. The van der Waals surface area contributed by atoms with E-state index in [0.29, 0.717) is 24.1 Å². The van der Waals surface area contributed by atoms with Crippen LogP contribution in [0.15, 0.2) is 35.3 Å². The maximum atomic E-state index is 12.3. The number of guanidine groups is 1. The summed E-state index contributed by atoms with van der Waals surface area (Å²) in [5.74, 6) is 3.02. The van der Waals surface area contributed by atoms with E-state index in [1.54, 1.807) is 0 Å². The predicted octanol–water partition coefficient (Wildman–Crippen LogP) is 3.54. The largest absolute Gasteiger partial charge is 0.357 e. The lowest BCUT2D eigenvalue weighted by molar-refractivity contribution is 0.160. The number of benzene rings is 1. The van der Waals surface area contributed by atoms with Crippen LogP contribution in [0.3, 0.4) is 0 Å². The number of aliphatic imine (C=N–C) groups is 1. The summed E-state index contributed by atoms with van der Waals surface area (Å²) in [6.45, 7) is 7.21. The number of rotatable bonds is 9. The Morgan fingerprint density at radius 3 is 2.53 bits per heavy atom. The van der Waals surface area contributed by atoms with Crippen LogP contribution in [-0.2, 0) is 16.6 Å². The van der Waals surface area contributed by atoms with Crippen molar-refractivity contribution in [3.63, 3.8) is 0 Å². The Kier molecular flexibility index (Phi) is 10.2. The molecule has 6 heteroatoms. The van der Waals surface area contributed by atoms with Crippen LogP contribution in [0.5, 0.6) is 0 Å². The first-order chi connectivity index (χ1) is 14.7. The fourth-order valence-electron chi connectivity index (χ4n) is 4.60. The van der Waals surface area contributed by atoms with Crippen LogP contribution in [0.2, 0.25) is 0 Å². The minimum absolute atomic E-state index is 0.486. The van der Waals surface area contributed by atoms with Gasteiger partial charge in [0.1, 0.15) is 0 Å². The molecule has 0 radical (unpaired) electrons. The minimum Gasteiger partial charge on any atom is -0.357 e. The summed E-state index contributed by atoms with van der Waals surface area (Å²) in [6, 6.07) is 10.5. The van der Waals surface area contributed by atoms with Gasteiger partial charge in [0, 0.05) is 54.5 Å². The Morgan fingerprint density at radius 2 is 1.83 bits per heavy atom. The molecule has 0 amide bonds. The van der Waals surface area contributed by atoms with Crippen LogP contribution in [0.1, 0.15) is 57.4 Å². The fraction of sp³-hybridized carbons (Fsp3) is 0.708. The van der Waals surface area contributed by atoms with Crippen molar-refractivity contribution in [1.82, 2.24) is 15.5 Å². The van der Waals surface area contributed by atoms with Crippen LogP contribution >= 0.6 is 0 Å². The lowest BCUT2D eigenvalue weighted by atomic mass is 9.88. The molecule has 1 atom stereocenters. The van der Waals surface area contributed by atoms with Gasteiger partial charge in [-0.15, -0.1) is 0 Å². The highest BCUT2D eigenvalue weighted by Crippen LogP contribution is 2.25. The van der Waals surface area contributed by atoms with E-state index in [2.05, 4.69) is 27.4 Å². The highest BCUT2D eigenvalue weighted by atomic mass is 32.2. The lowest BCUT2D eigenvalue weighted by Crippen LogP contribution is -2.49. The number of hydrogen-bond donors (Lipinski definition) is 2. The van der Waals surface area contributed by atoms with E-state index in [-0.39, 0.29) is 0 Å². The highest BCUT2D eigenvalue weighted by Gasteiger charge is 2.23. The van der Waals surface area contributed by atoms with Gasteiger partial charge in [0.2, 0.25) is 0 Å². The molecule has 0 bridgehead atoms. The molecule has 3 rings (SSSR count). The molecule has 1 saturated heterocycles. The van der Waals surface area contributed by atoms with Crippen molar-refractivity contribution < 1.29 is 4.21 Å². The molecular weight excluding hydrogens is 392 g/mol. The van der Waals surface area contributed by atoms with E-state index in [1.807, 2.05) is 30.3 Å². The van der Waals surface area contributed by atoms with Gasteiger partial charge in [0.05, 0.1) is 6.54 Å². The van der Waals surface area contributed by atoms with E-state index in [0.717, 1.165) is 24.0 Å². The smallest absolute Gasteiger partial charge is 0.191 e. The van der Waals surface area contributed by atoms with E-state index in [9.17, 15) is 4.21 Å². The molecule has 0 aromatic heterocycles. The Bertz CT molecular complexity index is 652. The monoisotopic (exact) mass is 432 g/mol. The van der Waals surface area contributed by atoms with E-state index < -0.39 is 10.8 Å². The molecule has 1 unspecified atom stereocenters. The van der Waals surface area contributed by atoms with Crippen LogP contribution < -0.4 is 10.6 Å². The summed E-state index contributed by atoms with van der Waals surface area (Å²) in [6.07, 6.45) is 9.52. The molecule has 2 fully saturated rings. The first-order valence-electron chi connectivity index (χ1n) is 11.9. The summed E-state index contributed by atoms with van der Waals surface area (Å²) >= 11 is 0. The van der Waals surface area contributed by atoms with Crippen LogP contribution in [0, 0.1) is 5.92 Å². The topological polar surface area (TPSA) is 56.7 Å². The van der Waals surface area contributed by atoms with Gasteiger partial charge in [-0.1, -0.05) is 49.6 Å². The summed E-state index contributed by atoms with van der Waals surface area (Å²) in [5, 5.41) is 6.97. The third-order valence-corrected chi connectivity index (χ3v) is 7.57. The zero-order chi connectivity index (χ0) is 21.0. The molecule has 168 valence electrons. The predicted molar refractivity (Wildman–Crippen MR) is 128 cm³/mol. The molecule has 2 aliphatic rings. The zero-order valence-corrected chi connectivity index (χ0v) is 19.5. The zero-order valence-electron chi connectivity index (χ0n) is 18.7. The summed E-state index contributed by atoms with van der Waals surface area (Å²) < 4.78 is 12.3. The van der Waals surface area contributed by atoms with Gasteiger partial charge >= 0.3 is 0 Å². The first-order valence-corrected chi connectivity index (χ1v) is 13.4. The lowest BCUT2D eigenvalue weighted by Gasteiger charge is -2.36. The molecule has 1 aliphatic heterocycles. The summed E-state index contributed by atoms with van der Waals surface area (Å²) in [4.78, 5) is 7.36. The third-order valence-electron chi connectivity index (χ3n) is 6.27. The van der Waals surface area contributed by atoms with Gasteiger partial charge in [0.25, 0.3) is 0 Å². The number of nitrogens with zero attached hydrogens (tertiary/aromatic N) is 2. The van der Waals surface area contributed by atoms with Gasteiger partial charge in [-0.05, 0) is 44.1 Å². The quantitative estimate of drug-likeness (QED) is 0.463. The van der Waals surface area contributed by atoms with Gasteiger partial charge in [-0.25, -0.2) is 0 Å². The van der Waals surface area contributed by atoms with Gasteiger partial charge in [-0.2, -0.15) is 0 Å². The van der Waals surface area contributed by atoms with Gasteiger partial charge < -0.3 is 15.5 Å². The Hall–Kier alpha value is -1.40. The number of likely N-dealkylation sites (tertiary alicyclic amines) is 1. The van der Waals surface area contributed by atoms with Gasteiger partial charge in [0.15, 0.2) is 5.96 Å². The maximum absolute atomic E-state index is 12.3. The second kappa shape index (κ2) is 13.1. The van der Waals surface area contributed by atoms with Gasteiger partial charge in [-0.3, -0.25) is 9.20 Å². The molecular formula is C24H40N4OS. The average Bonchev–Trinajstić information content (AvgIpc) is 2.77. The van der Waals surface area contributed by atoms with E-state index in [1.165, 1.54) is 64.6 Å². The molecule has 1 aliphatic carbocycles. The fourth-order valence-corrected chi connectivity index (χ4v) is 5.60. The minimum atomic E-state index is -0.876. The van der Waals surface area contributed by atoms with Crippen molar-refractivity contribution in [1.29, 1.82) is 0 Å². The Balaban J connectivity index is 1.37. The normalized spacial score (nSPS) is 20.8. The van der Waals surface area contributed by atoms with Crippen molar-refractivity contribution in [2.24, 2.45) is 10.9 Å². The van der Waals surface area contributed by atoms with Crippen LogP contribution in [0.4, 0.5) is 0 Å². The summed E-state index contributed by atoms with van der Waals surface area (Å²) in [5.41, 5.74) is 1.13.